The van der Waals surface area contributed by atoms with Crippen molar-refractivity contribution in [1.29, 1.82) is 0 Å². The van der Waals surface area contributed by atoms with Crippen LogP contribution < -0.4 is 10.3 Å². The number of nitrogens with zero attached hydrogens (tertiary/aromatic N) is 4. The number of ether oxygens (including phenoxy) is 1. The highest BCUT2D eigenvalue weighted by Gasteiger charge is 2.16. The third-order valence-corrected chi connectivity index (χ3v) is 3.04. The number of halogens is 2. The van der Waals surface area contributed by atoms with E-state index >= 15 is 0 Å². The predicted molar refractivity (Wildman–Crippen MR) is 73.8 cm³/mol. The maximum Gasteiger partial charge on any atom is 0.306 e. The minimum atomic E-state index is -1.51. The van der Waals surface area contributed by atoms with Crippen molar-refractivity contribution in [3.63, 3.8) is 0 Å². The van der Waals surface area contributed by atoms with Gasteiger partial charge in [0.2, 0.25) is 17.5 Å². The van der Waals surface area contributed by atoms with Crippen LogP contribution in [0.1, 0.15) is 5.89 Å². The van der Waals surface area contributed by atoms with E-state index in [4.69, 9.17) is 9.26 Å². The second kappa shape index (κ2) is 5.95. The Bertz CT molecular complexity index is 907. The number of benzene rings is 1. The fourth-order valence-corrected chi connectivity index (χ4v) is 1.94. The lowest BCUT2D eigenvalue weighted by molar-refractivity contribution is 0.357. The normalized spacial score (nSPS) is 10.7. The minimum Gasteiger partial charge on any atom is -0.496 e. The highest BCUT2D eigenvalue weighted by atomic mass is 19.2. The summed E-state index contributed by atoms with van der Waals surface area (Å²) < 4.78 is 37.0. The average molecular weight is 320 g/mol. The van der Waals surface area contributed by atoms with Gasteiger partial charge in [0, 0.05) is 0 Å². The smallest absolute Gasteiger partial charge is 0.306 e. The molecule has 0 aliphatic rings. The van der Waals surface area contributed by atoms with E-state index in [1.54, 1.807) is 24.3 Å². The molecule has 3 rings (SSSR count). The lowest BCUT2D eigenvalue weighted by atomic mass is 10.2. The third-order valence-electron chi connectivity index (χ3n) is 3.04. The Hall–Kier alpha value is -3.10. The van der Waals surface area contributed by atoms with Crippen LogP contribution in [-0.2, 0) is 6.54 Å². The molecule has 1 aromatic carbocycles. The first-order chi connectivity index (χ1) is 11.1. The summed E-state index contributed by atoms with van der Waals surface area (Å²) in [5.41, 5.74) is -0.613. The molecule has 0 bridgehead atoms. The van der Waals surface area contributed by atoms with Crippen molar-refractivity contribution in [3.8, 4) is 17.1 Å². The summed E-state index contributed by atoms with van der Waals surface area (Å²) in [5, 5.41) is 7.27. The molecule has 0 fully saturated rings. The number of para-hydroxylation sites is 1. The van der Waals surface area contributed by atoms with Crippen molar-refractivity contribution in [3.05, 3.63) is 58.3 Å². The van der Waals surface area contributed by atoms with E-state index < -0.39 is 17.2 Å². The maximum absolute atomic E-state index is 13.2. The Balaban J connectivity index is 1.91. The van der Waals surface area contributed by atoms with Gasteiger partial charge in [0.15, 0.2) is 5.82 Å². The zero-order valence-electron chi connectivity index (χ0n) is 11.9. The van der Waals surface area contributed by atoms with Gasteiger partial charge in [-0.25, -0.2) is 9.07 Å². The lowest BCUT2D eigenvalue weighted by Gasteiger charge is -2.03. The van der Waals surface area contributed by atoms with E-state index in [9.17, 15) is 13.6 Å². The molecule has 0 radical (unpaired) electrons. The molecule has 0 spiro atoms. The van der Waals surface area contributed by atoms with Gasteiger partial charge in [-0.05, 0) is 12.1 Å². The van der Waals surface area contributed by atoms with Gasteiger partial charge in [-0.3, -0.25) is 4.79 Å². The number of hydrogen-bond donors (Lipinski definition) is 0. The van der Waals surface area contributed by atoms with Gasteiger partial charge < -0.3 is 9.26 Å². The van der Waals surface area contributed by atoms with Gasteiger partial charge in [-0.1, -0.05) is 17.3 Å². The second-order valence-corrected chi connectivity index (χ2v) is 4.48. The molecule has 0 N–H and O–H groups in total. The van der Waals surface area contributed by atoms with E-state index in [1.165, 1.54) is 7.11 Å². The van der Waals surface area contributed by atoms with Crippen molar-refractivity contribution in [2.45, 2.75) is 6.54 Å². The molecule has 0 saturated heterocycles. The first-order valence-corrected chi connectivity index (χ1v) is 6.47. The maximum atomic E-state index is 13.2. The molecule has 0 aliphatic carbocycles. The van der Waals surface area contributed by atoms with Crippen LogP contribution in [-0.4, -0.2) is 27.0 Å². The van der Waals surface area contributed by atoms with Crippen LogP contribution in [0.5, 0.6) is 5.75 Å². The Morgan fingerprint density at radius 3 is 2.87 bits per heavy atom. The number of methoxy groups -OCH3 is 1. The summed E-state index contributed by atoms with van der Waals surface area (Å²) in [5.74, 6) is -2.02. The zero-order valence-corrected chi connectivity index (χ0v) is 11.9. The fourth-order valence-electron chi connectivity index (χ4n) is 1.94. The molecule has 9 heteroatoms. The topological polar surface area (TPSA) is 83.0 Å². The molecule has 2 heterocycles. The molecule has 0 unspecified atom stereocenters. The summed E-state index contributed by atoms with van der Waals surface area (Å²) in [4.78, 5) is 15.7. The van der Waals surface area contributed by atoms with Crippen LogP contribution in [0.15, 0.2) is 39.8 Å². The number of rotatable bonds is 4. The SMILES string of the molecule is COc1ccccc1-c1noc(Cn2ncc(F)c(F)c2=O)n1. The highest BCUT2D eigenvalue weighted by Crippen LogP contribution is 2.26. The fraction of sp³-hybridized carbons (Fsp3) is 0.143. The van der Waals surface area contributed by atoms with Gasteiger partial charge in [-0.2, -0.15) is 14.5 Å². The molecule has 0 saturated carbocycles. The van der Waals surface area contributed by atoms with Crippen LogP contribution in [0, 0.1) is 11.6 Å². The second-order valence-electron chi connectivity index (χ2n) is 4.48. The molecular weight excluding hydrogens is 310 g/mol. The third kappa shape index (κ3) is 2.80. The molecule has 0 amide bonds. The summed E-state index contributed by atoms with van der Waals surface area (Å²) in [6.45, 7) is -0.280. The van der Waals surface area contributed by atoms with Gasteiger partial charge >= 0.3 is 5.56 Å². The standard InChI is InChI=1S/C14H10F2N4O3/c1-22-10-5-3-2-4-8(10)13-18-11(23-19-13)7-20-14(21)12(16)9(15)6-17-20/h2-6H,7H2,1H3. The van der Waals surface area contributed by atoms with Crippen LogP contribution in [0.3, 0.4) is 0 Å². The van der Waals surface area contributed by atoms with Gasteiger partial charge in [-0.15, -0.1) is 0 Å². The molecule has 7 nitrogen and oxygen atoms in total. The van der Waals surface area contributed by atoms with E-state index in [0.717, 1.165) is 0 Å². The van der Waals surface area contributed by atoms with Crippen molar-refractivity contribution in [1.82, 2.24) is 19.9 Å². The monoisotopic (exact) mass is 320 g/mol. The number of hydrogen-bond acceptors (Lipinski definition) is 6. The van der Waals surface area contributed by atoms with Gasteiger partial charge in [0.05, 0.1) is 18.9 Å². The summed E-state index contributed by atoms with van der Waals surface area (Å²) in [6.07, 6.45) is 0.605. The quantitative estimate of drug-likeness (QED) is 0.726. The zero-order chi connectivity index (χ0) is 16.4. The van der Waals surface area contributed by atoms with Crippen LogP contribution in [0.2, 0.25) is 0 Å². The summed E-state index contributed by atoms with van der Waals surface area (Å²) in [7, 11) is 1.50. The molecule has 118 valence electrons. The van der Waals surface area contributed by atoms with Crippen molar-refractivity contribution >= 4 is 0 Å². The predicted octanol–water partition coefficient (Wildman–Crippen LogP) is 1.63. The first-order valence-electron chi connectivity index (χ1n) is 6.47. The van der Waals surface area contributed by atoms with Crippen molar-refractivity contribution in [2.24, 2.45) is 0 Å². The molecule has 0 atom stereocenters. The van der Waals surface area contributed by atoms with Gasteiger partial charge in [0.1, 0.15) is 12.3 Å². The van der Waals surface area contributed by atoms with E-state index in [-0.39, 0.29) is 18.3 Å². The summed E-state index contributed by atoms with van der Waals surface area (Å²) >= 11 is 0. The van der Waals surface area contributed by atoms with Crippen LogP contribution >= 0.6 is 0 Å². The Morgan fingerprint density at radius 2 is 2.09 bits per heavy atom. The Kier molecular flexibility index (Phi) is 3.83. The van der Waals surface area contributed by atoms with E-state index in [1.807, 2.05) is 0 Å². The van der Waals surface area contributed by atoms with E-state index in [2.05, 4.69) is 15.2 Å². The average Bonchev–Trinajstić information content (AvgIpc) is 3.04. The minimum absolute atomic E-state index is 0.0199. The van der Waals surface area contributed by atoms with Crippen molar-refractivity contribution < 1.29 is 18.0 Å². The Morgan fingerprint density at radius 1 is 1.30 bits per heavy atom. The summed E-state index contributed by atoms with van der Waals surface area (Å²) in [6, 6.07) is 7.02. The highest BCUT2D eigenvalue weighted by molar-refractivity contribution is 5.63. The largest absolute Gasteiger partial charge is 0.496 e. The lowest BCUT2D eigenvalue weighted by Crippen LogP contribution is -2.27. The Labute approximate surface area is 128 Å². The number of aromatic nitrogens is 4. The van der Waals surface area contributed by atoms with E-state index in [0.29, 0.717) is 22.2 Å². The van der Waals surface area contributed by atoms with Crippen molar-refractivity contribution in [2.75, 3.05) is 7.11 Å². The van der Waals surface area contributed by atoms with Gasteiger partial charge in [0.25, 0.3) is 0 Å². The molecule has 23 heavy (non-hydrogen) atoms. The van der Waals surface area contributed by atoms with Crippen LogP contribution in [0.4, 0.5) is 8.78 Å². The molecule has 0 aliphatic heterocycles. The molecule has 3 aromatic rings. The molecule has 2 aromatic heterocycles. The van der Waals surface area contributed by atoms with Crippen LogP contribution in [0.25, 0.3) is 11.4 Å². The first kappa shape index (κ1) is 14.8. The molecular formula is C14H10F2N4O3.